The number of rotatable bonds is 2. The average Bonchev–Trinajstić information content (AvgIpc) is 2.22. The molecule has 0 aromatic heterocycles. The topological polar surface area (TPSA) is 72.9 Å². The van der Waals surface area contributed by atoms with Crippen LogP contribution in [0.4, 0.5) is 4.79 Å². The molecule has 2 saturated heterocycles. The Morgan fingerprint density at radius 3 is 2.16 bits per heavy atom. The first-order valence-electron chi connectivity index (χ1n) is 6.41. The van der Waals surface area contributed by atoms with E-state index in [1.54, 1.807) is 4.90 Å². The largest absolute Gasteiger partial charge is 0.444 e. The van der Waals surface area contributed by atoms with Crippen LogP contribution in [0.15, 0.2) is 0 Å². The van der Waals surface area contributed by atoms with E-state index < -0.39 is 15.7 Å². The highest BCUT2D eigenvalue weighted by Crippen LogP contribution is 2.43. The lowest BCUT2D eigenvalue weighted by atomic mass is 9.68. The normalized spacial score (nSPS) is 30.7. The summed E-state index contributed by atoms with van der Waals surface area (Å²) in [6, 6.07) is 0. The van der Waals surface area contributed by atoms with E-state index in [4.69, 9.17) is 8.92 Å². The van der Waals surface area contributed by atoms with Gasteiger partial charge in [0.15, 0.2) is 0 Å². The van der Waals surface area contributed by atoms with Crippen LogP contribution >= 0.6 is 0 Å². The van der Waals surface area contributed by atoms with Crippen molar-refractivity contribution in [3.05, 3.63) is 0 Å². The molecule has 19 heavy (non-hydrogen) atoms. The zero-order valence-electron chi connectivity index (χ0n) is 11.8. The SMILES string of the molecule is CC(C)(C)OC(=O)N1CC2CC(C1)C2OS(C)(=O)=O. The maximum Gasteiger partial charge on any atom is 0.410 e. The molecule has 1 saturated carbocycles. The van der Waals surface area contributed by atoms with Crippen molar-refractivity contribution in [3.63, 3.8) is 0 Å². The van der Waals surface area contributed by atoms with Crippen molar-refractivity contribution >= 4 is 16.2 Å². The summed E-state index contributed by atoms with van der Waals surface area (Å²) < 4.78 is 32.7. The summed E-state index contributed by atoms with van der Waals surface area (Å²) in [5.41, 5.74) is -0.513. The van der Waals surface area contributed by atoms with Crippen LogP contribution in [0.1, 0.15) is 27.2 Å². The van der Waals surface area contributed by atoms with Gasteiger partial charge in [-0.1, -0.05) is 0 Å². The Balaban J connectivity index is 1.91. The van der Waals surface area contributed by atoms with Crippen LogP contribution in [-0.2, 0) is 19.0 Å². The molecule has 0 radical (unpaired) electrons. The Kier molecular flexibility index (Phi) is 3.55. The van der Waals surface area contributed by atoms with E-state index in [0.29, 0.717) is 13.1 Å². The minimum absolute atomic E-state index is 0.0981. The summed E-state index contributed by atoms with van der Waals surface area (Å²) >= 11 is 0. The maximum absolute atomic E-state index is 11.9. The first kappa shape index (κ1) is 14.6. The fourth-order valence-corrected chi connectivity index (χ4v) is 3.40. The van der Waals surface area contributed by atoms with Crippen LogP contribution in [0.5, 0.6) is 0 Å². The van der Waals surface area contributed by atoms with Gasteiger partial charge in [0.25, 0.3) is 10.1 Å². The molecule has 1 amide bonds. The molecule has 3 fully saturated rings. The molecule has 1 aliphatic carbocycles. The molecular formula is C12H21NO5S. The van der Waals surface area contributed by atoms with Gasteiger partial charge in [0, 0.05) is 24.9 Å². The van der Waals surface area contributed by atoms with Gasteiger partial charge in [-0.15, -0.1) is 0 Å². The summed E-state index contributed by atoms with van der Waals surface area (Å²) in [5.74, 6) is 0.196. The fraction of sp³-hybridized carbons (Fsp3) is 0.917. The average molecular weight is 291 g/mol. The van der Waals surface area contributed by atoms with Crippen molar-refractivity contribution in [1.82, 2.24) is 4.90 Å². The second kappa shape index (κ2) is 4.63. The van der Waals surface area contributed by atoms with Gasteiger partial charge in [0.2, 0.25) is 0 Å². The molecule has 0 N–H and O–H groups in total. The third-order valence-corrected chi connectivity index (χ3v) is 3.95. The quantitative estimate of drug-likeness (QED) is 0.715. The Bertz CT molecular complexity index is 455. The van der Waals surface area contributed by atoms with E-state index in [2.05, 4.69) is 0 Å². The molecule has 0 aromatic carbocycles. The van der Waals surface area contributed by atoms with E-state index in [1.807, 2.05) is 20.8 Å². The highest BCUT2D eigenvalue weighted by Gasteiger charge is 2.50. The van der Waals surface area contributed by atoms with Crippen molar-refractivity contribution in [2.75, 3.05) is 19.3 Å². The number of nitrogens with zero attached hydrogens (tertiary/aromatic N) is 1. The number of hydrogen-bond donors (Lipinski definition) is 0. The van der Waals surface area contributed by atoms with Crippen molar-refractivity contribution in [2.45, 2.75) is 38.9 Å². The molecule has 2 aliphatic heterocycles. The van der Waals surface area contributed by atoms with E-state index in [9.17, 15) is 13.2 Å². The van der Waals surface area contributed by atoms with Crippen LogP contribution in [-0.4, -0.2) is 50.5 Å². The molecule has 2 heterocycles. The summed E-state index contributed by atoms with van der Waals surface area (Å²) in [6.07, 6.45) is 1.38. The molecule has 2 unspecified atom stereocenters. The molecular weight excluding hydrogens is 270 g/mol. The van der Waals surface area contributed by atoms with Crippen LogP contribution in [0.3, 0.4) is 0 Å². The number of hydrogen-bond acceptors (Lipinski definition) is 5. The fourth-order valence-electron chi connectivity index (χ4n) is 2.68. The lowest BCUT2D eigenvalue weighted by molar-refractivity contribution is -0.0899. The third kappa shape index (κ3) is 3.60. The number of ether oxygens (including phenoxy) is 1. The van der Waals surface area contributed by atoms with Gasteiger partial charge in [-0.3, -0.25) is 4.18 Å². The first-order chi connectivity index (χ1) is 8.55. The molecule has 0 aromatic rings. The molecule has 7 heteroatoms. The Morgan fingerprint density at radius 2 is 1.74 bits per heavy atom. The molecule has 0 spiro atoms. The monoisotopic (exact) mass is 291 g/mol. The summed E-state index contributed by atoms with van der Waals surface area (Å²) in [4.78, 5) is 13.6. The molecule has 6 nitrogen and oxygen atoms in total. The Labute approximate surface area is 114 Å². The summed E-state index contributed by atoms with van der Waals surface area (Å²) in [6.45, 7) is 6.48. The predicted octanol–water partition coefficient (Wildman–Crippen LogP) is 1.22. The number of fused-ring (bicyclic) bond motifs is 2. The van der Waals surface area contributed by atoms with E-state index in [-0.39, 0.29) is 24.0 Å². The van der Waals surface area contributed by atoms with Crippen molar-refractivity contribution in [2.24, 2.45) is 11.8 Å². The number of amides is 1. The Morgan fingerprint density at radius 1 is 1.21 bits per heavy atom. The van der Waals surface area contributed by atoms with Gasteiger partial charge in [0.05, 0.1) is 12.4 Å². The summed E-state index contributed by atoms with van der Waals surface area (Å²) in [7, 11) is -3.43. The van der Waals surface area contributed by atoms with Gasteiger partial charge in [-0.25, -0.2) is 4.79 Å². The molecule has 2 bridgehead atoms. The van der Waals surface area contributed by atoms with Gasteiger partial charge >= 0.3 is 6.09 Å². The molecule has 3 rings (SSSR count). The highest BCUT2D eigenvalue weighted by atomic mass is 32.2. The molecule has 3 aliphatic rings. The number of carbonyl (C=O) groups is 1. The zero-order valence-corrected chi connectivity index (χ0v) is 12.6. The van der Waals surface area contributed by atoms with Crippen molar-refractivity contribution < 1.29 is 22.1 Å². The lowest BCUT2D eigenvalue weighted by Crippen LogP contribution is -2.61. The van der Waals surface area contributed by atoms with Crippen molar-refractivity contribution in [1.29, 1.82) is 0 Å². The van der Waals surface area contributed by atoms with Crippen molar-refractivity contribution in [3.8, 4) is 0 Å². The highest BCUT2D eigenvalue weighted by molar-refractivity contribution is 7.86. The van der Waals surface area contributed by atoms with Crippen LogP contribution in [0.2, 0.25) is 0 Å². The van der Waals surface area contributed by atoms with Gasteiger partial charge in [-0.2, -0.15) is 8.42 Å². The second-order valence-corrected chi connectivity index (χ2v) is 8.01. The predicted molar refractivity (Wildman–Crippen MR) is 69.1 cm³/mol. The van der Waals surface area contributed by atoms with E-state index in [0.717, 1.165) is 12.7 Å². The van der Waals surface area contributed by atoms with Gasteiger partial charge < -0.3 is 9.64 Å². The smallest absolute Gasteiger partial charge is 0.410 e. The lowest BCUT2D eigenvalue weighted by Gasteiger charge is -2.52. The Hall–Kier alpha value is -0.820. The van der Waals surface area contributed by atoms with Crippen LogP contribution in [0.25, 0.3) is 0 Å². The number of carbonyl (C=O) groups excluding carboxylic acids is 1. The standard InChI is InChI=1S/C12H21NO5S/c1-12(2,3)17-11(14)13-6-8-5-9(7-13)10(8)18-19(4,15)16/h8-10H,5-7H2,1-4H3. The second-order valence-electron chi connectivity index (χ2n) is 6.41. The molecule has 110 valence electrons. The van der Waals surface area contributed by atoms with Crippen LogP contribution in [0, 0.1) is 11.8 Å². The van der Waals surface area contributed by atoms with Crippen LogP contribution < -0.4 is 0 Å². The molecule has 2 atom stereocenters. The zero-order chi connectivity index (χ0) is 14.4. The van der Waals surface area contributed by atoms with Gasteiger partial charge in [0.1, 0.15) is 5.60 Å². The van der Waals surface area contributed by atoms with E-state index >= 15 is 0 Å². The minimum atomic E-state index is -3.43. The van der Waals surface area contributed by atoms with Gasteiger partial charge in [-0.05, 0) is 27.2 Å². The van der Waals surface area contributed by atoms with E-state index in [1.165, 1.54) is 0 Å². The third-order valence-electron chi connectivity index (χ3n) is 3.38. The number of piperidine rings is 2. The minimum Gasteiger partial charge on any atom is -0.444 e. The summed E-state index contributed by atoms with van der Waals surface area (Å²) in [5, 5.41) is 0. The first-order valence-corrected chi connectivity index (χ1v) is 8.23. The maximum atomic E-state index is 11.9.